The minimum Gasteiger partial charge on any atom is -0.474 e. The molecule has 2 aromatic heterocycles. The molecule has 1 aliphatic heterocycles. The molecule has 33 heavy (non-hydrogen) atoms. The van der Waals surface area contributed by atoms with Gasteiger partial charge in [-0.3, -0.25) is 4.98 Å². The minimum absolute atomic E-state index is 0.0842. The van der Waals surface area contributed by atoms with E-state index < -0.39 is 23.7 Å². The molecule has 2 N–H and O–H groups in total. The van der Waals surface area contributed by atoms with Gasteiger partial charge >= 0.3 is 0 Å². The Hall–Kier alpha value is -3.24. The molecule has 0 spiro atoms. The second-order valence-electron chi connectivity index (χ2n) is 8.10. The summed E-state index contributed by atoms with van der Waals surface area (Å²) in [5.74, 6) is -1.17. The first kappa shape index (κ1) is 22.9. The summed E-state index contributed by atoms with van der Waals surface area (Å²) in [5.41, 5.74) is 7.46. The average molecular weight is 460 g/mol. The van der Waals surface area contributed by atoms with E-state index >= 15 is 0 Å². The summed E-state index contributed by atoms with van der Waals surface area (Å²) in [6.07, 6.45) is -3.14. The molecule has 7 nitrogen and oxygen atoms in total. The fourth-order valence-corrected chi connectivity index (χ4v) is 3.61. The minimum atomic E-state index is -2.77. The second-order valence-corrected chi connectivity index (χ2v) is 8.10. The maximum absolute atomic E-state index is 13.5. The van der Waals surface area contributed by atoms with Gasteiger partial charge in [-0.2, -0.15) is 4.98 Å². The fourth-order valence-electron chi connectivity index (χ4n) is 3.61. The highest BCUT2D eigenvalue weighted by atomic mass is 19.3. The van der Waals surface area contributed by atoms with Crippen LogP contribution in [0.5, 0.6) is 5.88 Å². The number of nitrogen functional groups attached to an aromatic ring is 1. The van der Waals surface area contributed by atoms with Crippen LogP contribution in [0.1, 0.15) is 31.7 Å². The van der Waals surface area contributed by atoms with E-state index in [0.717, 1.165) is 0 Å². The standard InChI is InChI=1S/C23H23F3N4O3/c1-12-8-14(9-17(28-12)20(25)26)18-19(13-4-6-15(24)7-5-13)29-22(27)30-21(18)31-10-16-11-32-23(2,3)33-16/h4-9,16,20H,10-11H2,1-3H3,(H2,27,29,30)/t16-/m0/s1. The van der Waals surface area contributed by atoms with Gasteiger partial charge in [0.25, 0.3) is 6.43 Å². The van der Waals surface area contributed by atoms with E-state index in [9.17, 15) is 13.2 Å². The number of hydrogen-bond acceptors (Lipinski definition) is 7. The maximum atomic E-state index is 13.5. The van der Waals surface area contributed by atoms with Crippen LogP contribution in [-0.2, 0) is 9.47 Å². The highest BCUT2D eigenvalue weighted by Crippen LogP contribution is 2.39. The highest BCUT2D eigenvalue weighted by Gasteiger charge is 2.33. The molecule has 1 atom stereocenters. The first-order valence-corrected chi connectivity index (χ1v) is 10.3. The summed E-state index contributed by atoms with van der Waals surface area (Å²) in [6, 6.07) is 8.45. The molecule has 1 saturated heterocycles. The monoisotopic (exact) mass is 460 g/mol. The van der Waals surface area contributed by atoms with Crippen molar-refractivity contribution in [3.8, 4) is 28.3 Å². The van der Waals surface area contributed by atoms with Gasteiger partial charge in [0.2, 0.25) is 11.8 Å². The molecule has 4 rings (SSSR count). The molecular formula is C23H23F3N4O3. The number of halogens is 3. The normalized spacial score (nSPS) is 17.5. The number of aromatic nitrogens is 3. The third kappa shape index (κ3) is 5.23. The van der Waals surface area contributed by atoms with Crippen LogP contribution in [0, 0.1) is 12.7 Å². The summed E-state index contributed by atoms with van der Waals surface area (Å²) >= 11 is 0. The molecule has 0 aliphatic carbocycles. The van der Waals surface area contributed by atoms with E-state index in [1.807, 2.05) is 0 Å². The van der Waals surface area contributed by atoms with Crippen molar-refractivity contribution in [2.75, 3.05) is 18.9 Å². The van der Waals surface area contributed by atoms with Gasteiger partial charge < -0.3 is 19.9 Å². The predicted octanol–water partition coefficient (Wildman–Crippen LogP) is 4.70. The van der Waals surface area contributed by atoms with Crippen LogP contribution < -0.4 is 10.5 Å². The average Bonchev–Trinajstić information content (AvgIpc) is 3.10. The summed E-state index contributed by atoms with van der Waals surface area (Å²) in [4.78, 5) is 12.4. The summed E-state index contributed by atoms with van der Waals surface area (Å²) in [7, 11) is 0. The lowest BCUT2D eigenvalue weighted by Gasteiger charge is -2.19. The molecule has 3 aromatic rings. The third-order valence-electron chi connectivity index (χ3n) is 4.97. The van der Waals surface area contributed by atoms with Crippen LogP contribution in [0.2, 0.25) is 0 Å². The number of benzene rings is 1. The Morgan fingerprint density at radius 2 is 1.85 bits per heavy atom. The van der Waals surface area contributed by atoms with Crippen molar-refractivity contribution in [3.63, 3.8) is 0 Å². The van der Waals surface area contributed by atoms with E-state index in [1.54, 1.807) is 26.8 Å². The fraction of sp³-hybridized carbons (Fsp3) is 0.348. The number of pyridine rings is 1. The predicted molar refractivity (Wildman–Crippen MR) is 115 cm³/mol. The molecule has 1 aliphatic rings. The zero-order valence-corrected chi connectivity index (χ0v) is 18.3. The van der Waals surface area contributed by atoms with Gasteiger partial charge in [-0.05, 0) is 62.7 Å². The summed E-state index contributed by atoms with van der Waals surface area (Å²) in [5, 5.41) is 0. The lowest BCUT2D eigenvalue weighted by molar-refractivity contribution is -0.141. The molecule has 1 aromatic carbocycles. The number of ether oxygens (including phenoxy) is 3. The van der Waals surface area contributed by atoms with E-state index in [1.165, 1.54) is 30.3 Å². The van der Waals surface area contributed by atoms with Gasteiger partial charge in [0.05, 0.1) is 17.9 Å². The van der Waals surface area contributed by atoms with Gasteiger partial charge in [-0.25, -0.2) is 18.2 Å². The summed E-state index contributed by atoms with van der Waals surface area (Å²) in [6.45, 7) is 5.59. The van der Waals surface area contributed by atoms with E-state index in [0.29, 0.717) is 34.7 Å². The Labute approximate surface area is 188 Å². The molecule has 10 heteroatoms. The van der Waals surface area contributed by atoms with Crippen molar-refractivity contribution in [2.45, 2.75) is 39.1 Å². The van der Waals surface area contributed by atoms with Gasteiger partial charge in [0.1, 0.15) is 24.2 Å². The lowest BCUT2D eigenvalue weighted by Crippen LogP contribution is -2.25. The van der Waals surface area contributed by atoms with Gasteiger partial charge in [-0.15, -0.1) is 0 Å². The van der Waals surface area contributed by atoms with Crippen LogP contribution in [0.4, 0.5) is 19.1 Å². The number of anilines is 1. The Kier molecular flexibility index (Phi) is 6.22. The number of nitrogens with zero attached hydrogens (tertiary/aromatic N) is 3. The molecular weight excluding hydrogens is 437 g/mol. The highest BCUT2D eigenvalue weighted by molar-refractivity contribution is 5.85. The smallest absolute Gasteiger partial charge is 0.280 e. The number of alkyl halides is 2. The van der Waals surface area contributed by atoms with Crippen molar-refractivity contribution in [1.29, 1.82) is 0 Å². The number of hydrogen-bond donors (Lipinski definition) is 1. The van der Waals surface area contributed by atoms with Gasteiger partial charge in [0, 0.05) is 11.3 Å². The first-order valence-electron chi connectivity index (χ1n) is 10.3. The Bertz CT molecular complexity index is 1160. The van der Waals surface area contributed by atoms with Crippen molar-refractivity contribution >= 4 is 5.95 Å². The van der Waals surface area contributed by atoms with Gasteiger partial charge in [-0.1, -0.05) is 0 Å². The maximum Gasteiger partial charge on any atom is 0.280 e. The molecule has 0 bridgehead atoms. The van der Waals surface area contributed by atoms with Crippen molar-refractivity contribution in [2.24, 2.45) is 0 Å². The van der Waals surface area contributed by atoms with Crippen molar-refractivity contribution in [3.05, 3.63) is 53.6 Å². The van der Waals surface area contributed by atoms with E-state index in [4.69, 9.17) is 19.9 Å². The zero-order valence-electron chi connectivity index (χ0n) is 18.3. The van der Waals surface area contributed by atoms with Crippen LogP contribution in [0.3, 0.4) is 0 Å². The Morgan fingerprint density at radius 1 is 1.12 bits per heavy atom. The van der Waals surface area contributed by atoms with Crippen molar-refractivity contribution < 1.29 is 27.4 Å². The van der Waals surface area contributed by atoms with Crippen LogP contribution in [0.25, 0.3) is 22.4 Å². The van der Waals surface area contributed by atoms with Crippen LogP contribution in [-0.4, -0.2) is 40.1 Å². The number of rotatable bonds is 6. The summed E-state index contributed by atoms with van der Waals surface area (Å²) < 4.78 is 57.8. The van der Waals surface area contributed by atoms with Crippen molar-refractivity contribution in [1.82, 2.24) is 15.0 Å². The van der Waals surface area contributed by atoms with E-state index in [2.05, 4.69) is 15.0 Å². The number of aryl methyl sites for hydroxylation is 1. The third-order valence-corrected chi connectivity index (χ3v) is 4.97. The molecule has 0 saturated carbocycles. The van der Waals surface area contributed by atoms with Crippen LogP contribution in [0.15, 0.2) is 36.4 Å². The Morgan fingerprint density at radius 3 is 2.48 bits per heavy atom. The molecule has 174 valence electrons. The Balaban J connectivity index is 1.83. The molecule has 0 radical (unpaired) electrons. The molecule has 1 fully saturated rings. The molecule has 0 unspecified atom stereocenters. The van der Waals surface area contributed by atoms with Gasteiger partial charge in [0.15, 0.2) is 5.79 Å². The lowest BCUT2D eigenvalue weighted by atomic mass is 9.99. The topological polar surface area (TPSA) is 92.4 Å². The zero-order chi connectivity index (χ0) is 23.8. The first-order chi connectivity index (χ1) is 15.6. The quantitative estimate of drug-likeness (QED) is 0.570. The molecule has 0 amide bonds. The van der Waals surface area contributed by atoms with Crippen LogP contribution >= 0.6 is 0 Å². The molecule has 3 heterocycles. The largest absolute Gasteiger partial charge is 0.474 e. The number of nitrogens with two attached hydrogens (primary N) is 1. The second kappa shape index (κ2) is 8.95. The van der Waals surface area contributed by atoms with E-state index in [-0.39, 0.29) is 24.5 Å². The SMILES string of the molecule is Cc1cc(-c2c(OC[C@H]3COC(C)(C)O3)nc(N)nc2-c2ccc(F)cc2)cc(C(F)F)n1.